The standard InChI is InChI=1S/C22H26ClFN2O.C2HF3O2/c1-22(2)10-8-16(9-11-22)26-13-15-7-6-14(12-19(15)24)17-4-3-5-18(20(17)23)21(25)27;3-2(4,5)1(6)7/h3-7,12,16,26H,8-11,13H2,1-2H3,(H2,25,27);(H,6,7). The minimum absolute atomic E-state index is 0.237. The maximum atomic E-state index is 14.6. The number of hydrogen-bond donors (Lipinski definition) is 3. The van der Waals surface area contributed by atoms with E-state index in [4.69, 9.17) is 27.2 Å². The lowest BCUT2D eigenvalue weighted by Crippen LogP contribution is -2.35. The van der Waals surface area contributed by atoms with E-state index < -0.39 is 18.1 Å². The summed E-state index contributed by atoms with van der Waals surface area (Å²) in [5, 5.41) is 10.9. The van der Waals surface area contributed by atoms with E-state index in [1.807, 2.05) is 6.07 Å². The number of carbonyl (C=O) groups is 2. The molecule has 1 amide bonds. The molecule has 0 atom stereocenters. The number of halogens is 5. The van der Waals surface area contributed by atoms with Crippen molar-refractivity contribution in [2.75, 3.05) is 0 Å². The van der Waals surface area contributed by atoms with Crippen LogP contribution in [-0.2, 0) is 11.3 Å². The van der Waals surface area contributed by atoms with Gasteiger partial charge in [-0.1, -0.05) is 49.7 Å². The van der Waals surface area contributed by atoms with Gasteiger partial charge in [-0.3, -0.25) is 4.79 Å². The SMILES string of the molecule is CC1(C)CCC(NCc2ccc(-c3cccc(C(N)=O)c3Cl)cc2F)CC1.O=C(O)C(F)(F)F. The number of nitrogens with one attached hydrogen (secondary N) is 1. The van der Waals surface area contributed by atoms with Crippen LogP contribution >= 0.6 is 11.6 Å². The van der Waals surface area contributed by atoms with Crippen LogP contribution in [0.4, 0.5) is 17.6 Å². The van der Waals surface area contributed by atoms with Crippen LogP contribution in [0, 0.1) is 11.2 Å². The van der Waals surface area contributed by atoms with E-state index >= 15 is 0 Å². The van der Waals surface area contributed by atoms with Gasteiger partial charge >= 0.3 is 12.1 Å². The molecule has 186 valence electrons. The van der Waals surface area contributed by atoms with Crippen LogP contribution in [0.25, 0.3) is 11.1 Å². The van der Waals surface area contributed by atoms with Crippen LogP contribution in [0.2, 0.25) is 5.02 Å². The van der Waals surface area contributed by atoms with Crippen molar-refractivity contribution in [2.24, 2.45) is 11.1 Å². The second-order valence-corrected chi connectivity index (χ2v) is 9.34. The number of carboxylic acids is 1. The Morgan fingerprint density at radius 2 is 1.76 bits per heavy atom. The minimum Gasteiger partial charge on any atom is -0.475 e. The highest BCUT2D eigenvalue weighted by Gasteiger charge is 2.38. The molecule has 34 heavy (non-hydrogen) atoms. The van der Waals surface area contributed by atoms with Gasteiger partial charge in [-0.15, -0.1) is 0 Å². The Hall–Kier alpha value is -2.65. The van der Waals surface area contributed by atoms with Crippen LogP contribution in [0.3, 0.4) is 0 Å². The number of hydrogen-bond acceptors (Lipinski definition) is 3. The van der Waals surface area contributed by atoms with Gasteiger partial charge in [-0.25, -0.2) is 9.18 Å². The lowest BCUT2D eigenvalue weighted by Gasteiger charge is -2.34. The molecule has 1 aliphatic carbocycles. The molecule has 0 saturated heterocycles. The molecule has 4 N–H and O–H groups in total. The number of benzene rings is 2. The average Bonchev–Trinajstić information content (AvgIpc) is 2.73. The molecule has 2 aromatic rings. The Balaban J connectivity index is 0.000000509. The predicted molar refractivity (Wildman–Crippen MR) is 122 cm³/mol. The third-order valence-electron chi connectivity index (χ3n) is 5.79. The summed E-state index contributed by atoms with van der Waals surface area (Å²) in [4.78, 5) is 20.4. The summed E-state index contributed by atoms with van der Waals surface area (Å²) < 4.78 is 46.4. The van der Waals surface area contributed by atoms with Gasteiger partial charge in [0.15, 0.2) is 0 Å². The van der Waals surface area contributed by atoms with E-state index in [2.05, 4.69) is 19.2 Å². The largest absolute Gasteiger partial charge is 0.490 e. The summed E-state index contributed by atoms with van der Waals surface area (Å²) in [5.41, 5.74) is 7.85. The lowest BCUT2D eigenvalue weighted by atomic mass is 9.75. The molecule has 0 heterocycles. The maximum absolute atomic E-state index is 14.6. The molecule has 0 aromatic heterocycles. The van der Waals surface area contributed by atoms with Crippen molar-refractivity contribution in [1.29, 1.82) is 0 Å². The molecule has 1 fully saturated rings. The zero-order valence-corrected chi connectivity index (χ0v) is 19.6. The van der Waals surface area contributed by atoms with E-state index in [1.54, 1.807) is 24.3 Å². The van der Waals surface area contributed by atoms with Crippen molar-refractivity contribution in [3.63, 3.8) is 0 Å². The summed E-state index contributed by atoms with van der Waals surface area (Å²) >= 11 is 6.28. The molecular formula is C24H27ClF4N2O3. The number of carboxylic acid groups (broad SMARTS) is 1. The average molecular weight is 503 g/mol. The number of carbonyl (C=O) groups excluding carboxylic acids is 1. The second kappa shape index (κ2) is 11.2. The predicted octanol–water partition coefficient (Wildman–Crippen LogP) is 5.94. The fourth-order valence-corrected chi connectivity index (χ4v) is 3.99. The summed E-state index contributed by atoms with van der Waals surface area (Å²) in [6.07, 6.45) is -0.438. The summed E-state index contributed by atoms with van der Waals surface area (Å²) in [6, 6.07) is 10.5. The molecular weight excluding hydrogens is 476 g/mol. The van der Waals surface area contributed by atoms with Crippen molar-refractivity contribution >= 4 is 23.5 Å². The number of alkyl halides is 3. The third kappa shape index (κ3) is 7.70. The van der Waals surface area contributed by atoms with E-state index in [0.717, 1.165) is 12.8 Å². The number of rotatable bonds is 5. The van der Waals surface area contributed by atoms with Crippen molar-refractivity contribution in [3.8, 4) is 11.1 Å². The topological polar surface area (TPSA) is 92.4 Å². The van der Waals surface area contributed by atoms with Gasteiger partial charge < -0.3 is 16.2 Å². The highest BCUT2D eigenvalue weighted by Crippen LogP contribution is 2.35. The van der Waals surface area contributed by atoms with Crippen LogP contribution in [-0.4, -0.2) is 29.2 Å². The Morgan fingerprint density at radius 3 is 2.26 bits per heavy atom. The van der Waals surface area contributed by atoms with Gasteiger partial charge in [0.1, 0.15) is 5.82 Å². The van der Waals surface area contributed by atoms with Gasteiger partial charge in [0.2, 0.25) is 5.91 Å². The quantitative estimate of drug-likeness (QED) is 0.441. The first-order valence-electron chi connectivity index (χ1n) is 10.6. The first kappa shape index (κ1) is 27.6. The molecule has 3 rings (SSSR count). The Labute approximate surface area is 200 Å². The third-order valence-corrected chi connectivity index (χ3v) is 6.20. The molecule has 0 bridgehead atoms. The number of primary amides is 1. The van der Waals surface area contributed by atoms with Crippen LogP contribution in [0.1, 0.15) is 55.5 Å². The van der Waals surface area contributed by atoms with Crippen LogP contribution in [0.5, 0.6) is 0 Å². The normalized spacial score (nSPS) is 15.9. The second-order valence-electron chi connectivity index (χ2n) is 8.96. The zero-order chi connectivity index (χ0) is 25.7. The van der Waals surface area contributed by atoms with Gasteiger partial charge in [0.05, 0.1) is 10.6 Å². The molecule has 0 unspecified atom stereocenters. The monoisotopic (exact) mass is 502 g/mol. The number of nitrogens with two attached hydrogens (primary N) is 1. The van der Waals surface area contributed by atoms with Gasteiger partial charge in [0.25, 0.3) is 0 Å². The first-order valence-corrected chi connectivity index (χ1v) is 11.0. The maximum Gasteiger partial charge on any atom is 0.490 e. The van der Waals surface area contributed by atoms with Gasteiger partial charge in [-0.2, -0.15) is 13.2 Å². The zero-order valence-electron chi connectivity index (χ0n) is 18.8. The molecule has 2 aromatic carbocycles. The fourth-order valence-electron chi connectivity index (χ4n) is 3.66. The van der Waals surface area contributed by atoms with Crippen LogP contribution < -0.4 is 11.1 Å². The number of amides is 1. The molecule has 1 aliphatic rings. The van der Waals surface area contributed by atoms with E-state index in [-0.39, 0.29) is 16.4 Å². The van der Waals surface area contributed by atoms with Crippen molar-refractivity contribution in [1.82, 2.24) is 5.32 Å². The summed E-state index contributed by atoms with van der Waals surface area (Å²) in [6.45, 7) is 5.12. The van der Waals surface area contributed by atoms with Gasteiger partial charge in [-0.05, 0) is 48.8 Å². The molecule has 0 aliphatic heterocycles. The molecule has 5 nitrogen and oxygen atoms in total. The fraction of sp³-hybridized carbons (Fsp3) is 0.417. The van der Waals surface area contributed by atoms with Gasteiger partial charge in [0, 0.05) is 23.7 Å². The van der Waals surface area contributed by atoms with E-state index in [0.29, 0.717) is 34.7 Å². The smallest absolute Gasteiger partial charge is 0.475 e. The molecule has 0 radical (unpaired) electrons. The van der Waals surface area contributed by atoms with E-state index in [1.165, 1.54) is 18.9 Å². The van der Waals surface area contributed by atoms with Crippen molar-refractivity contribution in [3.05, 3.63) is 58.4 Å². The Morgan fingerprint density at radius 1 is 1.18 bits per heavy atom. The minimum atomic E-state index is -5.08. The number of aliphatic carboxylic acids is 1. The van der Waals surface area contributed by atoms with Crippen LogP contribution in [0.15, 0.2) is 36.4 Å². The van der Waals surface area contributed by atoms with E-state index in [9.17, 15) is 22.4 Å². The lowest BCUT2D eigenvalue weighted by molar-refractivity contribution is -0.192. The summed E-state index contributed by atoms with van der Waals surface area (Å²) in [5.74, 6) is -3.64. The molecule has 1 saturated carbocycles. The molecule has 0 spiro atoms. The highest BCUT2D eigenvalue weighted by molar-refractivity contribution is 6.36. The highest BCUT2D eigenvalue weighted by atomic mass is 35.5. The first-order chi connectivity index (χ1) is 15.7. The molecule has 10 heteroatoms. The Bertz CT molecular complexity index is 1030. The van der Waals surface area contributed by atoms with Crippen molar-refractivity contribution < 1.29 is 32.3 Å². The van der Waals surface area contributed by atoms with Crippen molar-refractivity contribution in [2.45, 2.75) is 58.3 Å². The Kier molecular flexibility index (Phi) is 9.08. The summed E-state index contributed by atoms with van der Waals surface area (Å²) in [7, 11) is 0.